The summed E-state index contributed by atoms with van der Waals surface area (Å²) in [6.07, 6.45) is -5.43. The fraction of sp³-hybridized carbons (Fsp3) is 0.700. The van der Waals surface area contributed by atoms with Crippen LogP contribution in [0.3, 0.4) is 0 Å². The van der Waals surface area contributed by atoms with Gasteiger partial charge in [-0.25, -0.2) is 0 Å². The lowest BCUT2D eigenvalue weighted by molar-refractivity contribution is -0.298. The molecule has 5 heterocycles. The molecule has 19 heteroatoms. The zero-order valence-electron chi connectivity index (χ0n) is 33.3. The highest BCUT2D eigenvalue weighted by Crippen LogP contribution is 2.56. The predicted octanol–water partition coefficient (Wildman–Crippen LogP) is -1.35. The van der Waals surface area contributed by atoms with Crippen LogP contribution in [0.5, 0.6) is 0 Å². The molecule has 1 saturated carbocycles. The number of aliphatic hydroxyl groups excluding tert-OH is 5. The second-order valence-corrected chi connectivity index (χ2v) is 16.9. The summed E-state index contributed by atoms with van der Waals surface area (Å²) in [5.41, 5.74) is -0.618. The molecule has 0 unspecified atom stereocenters. The van der Waals surface area contributed by atoms with E-state index in [2.05, 4.69) is 5.32 Å². The minimum atomic E-state index is -1.55. The molecule has 2 bridgehead atoms. The van der Waals surface area contributed by atoms with E-state index in [-0.39, 0.29) is 45.8 Å². The molecule has 1 aromatic carbocycles. The van der Waals surface area contributed by atoms with E-state index in [0.717, 1.165) is 11.1 Å². The third-order valence-corrected chi connectivity index (χ3v) is 11.8. The first kappa shape index (κ1) is 43.5. The minimum absolute atomic E-state index is 0.0159. The Hall–Kier alpha value is -3.60. The van der Waals surface area contributed by atoms with E-state index < -0.39 is 121 Å². The van der Waals surface area contributed by atoms with Crippen LogP contribution in [-0.2, 0) is 59.0 Å². The lowest BCUT2D eigenvalue weighted by Gasteiger charge is -2.50. The number of rotatable bonds is 14. The molecular weight excluding hydrogens is 778 g/mol. The van der Waals surface area contributed by atoms with E-state index in [1.807, 2.05) is 24.3 Å². The lowest BCUT2D eigenvalue weighted by atomic mass is 9.62. The van der Waals surface area contributed by atoms with Crippen LogP contribution in [0.25, 0.3) is 6.08 Å². The maximum Gasteiger partial charge on any atom is 0.327 e. The van der Waals surface area contributed by atoms with Crippen molar-refractivity contribution in [3.63, 3.8) is 0 Å². The molecule has 6 aliphatic rings. The van der Waals surface area contributed by atoms with Gasteiger partial charge in [-0.15, -0.1) is 0 Å². The minimum Gasteiger partial charge on any atom is -0.460 e. The largest absolute Gasteiger partial charge is 0.460 e. The number of hydrogen-bond acceptors (Lipinski definition) is 17. The molecule has 5 saturated heterocycles. The molecule has 7 rings (SSSR count). The third kappa shape index (κ3) is 8.78. The van der Waals surface area contributed by atoms with Crippen LogP contribution in [-0.4, -0.2) is 171 Å². The predicted molar refractivity (Wildman–Crippen MR) is 200 cm³/mol. The molecular formula is C40H55N3O16. The number of fused-ring (bicyclic) bond motifs is 4. The molecule has 19 nitrogen and oxygen atoms in total. The van der Waals surface area contributed by atoms with Crippen molar-refractivity contribution in [1.29, 1.82) is 0 Å². The summed E-state index contributed by atoms with van der Waals surface area (Å²) in [5.74, 6) is -2.00. The highest BCUT2D eigenvalue weighted by atomic mass is 16.8. The zero-order chi connectivity index (χ0) is 42.2. The number of amides is 2. The lowest BCUT2D eigenvalue weighted by Crippen LogP contribution is -2.70. The number of aliphatic hydroxyl groups is 5. The van der Waals surface area contributed by atoms with Crippen molar-refractivity contribution < 1.29 is 78.0 Å². The first-order chi connectivity index (χ1) is 28.1. The zero-order valence-corrected chi connectivity index (χ0v) is 33.3. The molecule has 0 radical (unpaired) electrons. The fourth-order valence-corrected chi connectivity index (χ4v) is 9.01. The molecule has 0 spiro atoms. The van der Waals surface area contributed by atoms with E-state index in [0.29, 0.717) is 12.8 Å². The Morgan fingerprint density at radius 1 is 1.05 bits per heavy atom. The van der Waals surface area contributed by atoms with E-state index in [1.54, 1.807) is 32.9 Å². The maximum atomic E-state index is 15.0. The standard InChI is InChI=1S/C40H55N3O16/c1-39(2,3)58-27(46)13-12-23(18-44)41-35(50)24-7-4-14-42(24)38(52)40-16-25-31-32(55-20-54-31)34(40)59-43(33(40)36(51)56-25)17-22-10-8-21(9-11-22)6-5-15-53-37-30(49)29(48)28(47)26(19-45)57-37/h5-6,8-11,23-26,28-34,37,44-45,47-49H,4,7,12-20H2,1-3H3,(H,41,50)/t23-,24+,25+,26+,28-,29-,30+,31-,32-,33-,34+,37-,40-/m0/s1. The van der Waals surface area contributed by atoms with Crippen LogP contribution < -0.4 is 5.32 Å². The Labute approximate surface area is 341 Å². The molecule has 0 aromatic heterocycles. The van der Waals surface area contributed by atoms with E-state index >= 15 is 4.79 Å². The summed E-state index contributed by atoms with van der Waals surface area (Å²) in [7, 11) is 0. The van der Waals surface area contributed by atoms with Crippen molar-refractivity contribution in [2.75, 3.05) is 33.2 Å². The van der Waals surface area contributed by atoms with Gasteiger partial charge in [-0.1, -0.05) is 36.4 Å². The van der Waals surface area contributed by atoms with Crippen LogP contribution in [0.15, 0.2) is 30.3 Å². The summed E-state index contributed by atoms with van der Waals surface area (Å²) in [5, 5.41) is 53.9. The van der Waals surface area contributed by atoms with Gasteiger partial charge >= 0.3 is 11.9 Å². The number of carbonyl (C=O) groups excluding carboxylic acids is 4. The highest BCUT2D eigenvalue weighted by molar-refractivity contribution is 5.96. The number of esters is 2. The van der Waals surface area contributed by atoms with Crippen LogP contribution >= 0.6 is 0 Å². The van der Waals surface area contributed by atoms with Gasteiger partial charge in [0.2, 0.25) is 11.8 Å². The van der Waals surface area contributed by atoms with Gasteiger partial charge in [0.15, 0.2) is 12.3 Å². The average molecular weight is 834 g/mol. The molecule has 5 aliphatic heterocycles. The smallest absolute Gasteiger partial charge is 0.327 e. The van der Waals surface area contributed by atoms with Crippen LogP contribution in [0.2, 0.25) is 0 Å². The second-order valence-electron chi connectivity index (χ2n) is 16.9. The molecule has 326 valence electrons. The summed E-state index contributed by atoms with van der Waals surface area (Å²) in [6.45, 7) is 4.54. The Bertz CT molecular complexity index is 1720. The first-order valence-electron chi connectivity index (χ1n) is 20.1. The Morgan fingerprint density at radius 2 is 1.80 bits per heavy atom. The van der Waals surface area contributed by atoms with Crippen molar-refractivity contribution >= 4 is 29.8 Å². The van der Waals surface area contributed by atoms with Gasteiger partial charge in [0.05, 0.1) is 32.4 Å². The molecule has 6 N–H and O–H groups in total. The number of hydrogen-bond donors (Lipinski definition) is 6. The van der Waals surface area contributed by atoms with Gasteiger partial charge in [-0.05, 0) is 51.2 Å². The number of ether oxygens (including phenoxy) is 6. The normalized spacial score (nSPS) is 36.0. The number of carbonyl (C=O) groups is 4. The van der Waals surface area contributed by atoms with Gasteiger partial charge < -0.3 is 64.2 Å². The molecule has 13 atom stereocenters. The molecule has 1 aliphatic carbocycles. The number of benzene rings is 1. The Morgan fingerprint density at radius 3 is 2.51 bits per heavy atom. The third-order valence-electron chi connectivity index (χ3n) is 11.8. The second kappa shape index (κ2) is 17.8. The van der Waals surface area contributed by atoms with E-state index in [1.165, 1.54) is 9.96 Å². The molecule has 6 fully saturated rings. The molecule has 1 aromatic rings. The number of hydroxylamine groups is 2. The quantitative estimate of drug-likeness (QED) is 0.119. The Kier molecular flexibility index (Phi) is 13.1. The van der Waals surface area contributed by atoms with Crippen molar-refractivity contribution in [1.82, 2.24) is 15.3 Å². The van der Waals surface area contributed by atoms with E-state index in [9.17, 15) is 39.9 Å². The van der Waals surface area contributed by atoms with Crippen molar-refractivity contribution in [2.45, 2.75) is 138 Å². The first-order valence-corrected chi connectivity index (χ1v) is 20.1. The van der Waals surface area contributed by atoms with Crippen molar-refractivity contribution in [3.05, 3.63) is 41.5 Å². The SMILES string of the molecule is CC(C)(C)OC(=O)CC[C@@H](CO)NC(=O)[C@H]1CCCN1C(=O)[C@@]12C[C@H]3OC(=O)[C@@H]1N(Cc1ccc(C=CCO[C@H]4O[C@H](CO)[C@H](O)[C@H](O)[C@H]4O)cc1)O[C@@H]2[C@H]1OCO[C@H]13. The summed E-state index contributed by atoms with van der Waals surface area (Å²) < 4.78 is 34.0. The summed E-state index contributed by atoms with van der Waals surface area (Å²) in [6, 6.07) is 4.50. The van der Waals surface area contributed by atoms with Gasteiger partial charge in [-0.2, -0.15) is 5.06 Å². The van der Waals surface area contributed by atoms with Crippen LogP contribution in [0.4, 0.5) is 0 Å². The summed E-state index contributed by atoms with van der Waals surface area (Å²) >= 11 is 0. The van der Waals surface area contributed by atoms with Crippen LogP contribution in [0.1, 0.15) is 64.0 Å². The average Bonchev–Trinajstić information content (AvgIpc) is 3.97. The van der Waals surface area contributed by atoms with Crippen molar-refractivity contribution in [2.24, 2.45) is 5.41 Å². The Balaban J connectivity index is 1.03. The van der Waals surface area contributed by atoms with Gasteiger partial charge in [-0.3, -0.25) is 24.0 Å². The topological polar surface area (TPSA) is 253 Å². The van der Waals surface area contributed by atoms with E-state index in [4.69, 9.17) is 33.3 Å². The number of nitrogens with one attached hydrogen (secondary N) is 1. The summed E-state index contributed by atoms with van der Waals surface area (Å²) in [4.78, 5) is 63.1. The highest BCUT2D eigenvalue weighted by Gasteiger charge is 2.75. The number of nitrogens with zero attached hydrogens (tertiary/aromatic N) is 2. The van der Waals surface area contributed by atoms with Gasteiger partial charge in [0, 0.05) is 19.4 Å². The van der Waals surface area contributed by atoms with Gasteiger partial charge in [0.1, 0.15) is 72.7 Å². The van der Waals surface area contributed by atoms with Gasteiger partial charge in [0.25, 0.3) is 0 Å². The monoisotopic (exact) mass is 833 g/mol. The maximum absolute atomic E-state index is 15.0. The van der Waals surface area contributed by atoms with Crippen LogP contribution in [0, 0.1) is 5.41 Å². The fourth-order valence-electron chi connectivity index (χ4n) is 9.01. The molecule has 2 amide bonds. The van der Waals surface area contributed by atoms with Crippen molar-refractivity contribution in [3.8, 4) is 0 Å². The molecule has 59 heavy (non-hydrogen) atoms. The number of likely N-dealkylation sites (tertiary alicyclic amines) is 1.